The predicted molar refractivity (Wildman–Crippen MR) is 288 cm³/mol. The number of ether oxygens (including phenoxy) is 3. The number of hydrogen-bond acceptors (Lipinski definition) is 5. The normalized spacial score (nSPS) is 13.2. The summed E-state index contributed by atoms with van der Waals surface area (Å²) in [5.41, 5.74) is 0. The van der Waals surface area contributed by atoms with Crippen LogP contribution in [0.5, 0.6) is 0 Å². The molecule has 0 saturated carbocycles. The molecule has 1 atom stereocenters. The van der Waals surface area contributed by atoms with Crippen LogP contribution >= 0.6 is 0 Å². The lowest BCUT2D eigenvalue weighted by atomic mass is 10.1. The molecule has 0 rings (SSSR count). The van der Waals surface area contributed by atoms with Gasteiger partial charge in [-0.2, -0.15) is 0 Å². The molecular weight excluding hydrogens is 813 g/mol. The van der Waals surface area contributed by atoms with E-state index in [1.165, 1.54) is 64.2 Å². The van der Waals surface area contributed by atoms with E-state index in [0.29, 0.717) is 19.4 Å². The van der Waals surface area contributed by atoms with E-state index in [9.17, 15) is 9.59 Å². The van der Waals surface area contributed by atoms with Gasteiger partial charge in [0.05, 0.1) is 6.61 Å². The molecule has 0 aromatic rings. The summed E-state index contributed by atoms with van der Waals surface area (Å²) in [6.45, 7) is 7.48. The Bertz CT molecular complexity index is 1350. The first-order valence-electron chi connectivity index (χ1n) is 27.1. The summed E-state index contributed by atoms with van der Waals surface area (Å²) in [5.74, 6) is -0.463. The smallest absolute Gasteiger partial charge is 0.306 e. The average molecular weight is 913 g/mol. The molecule has 0 amide bonds. The van der Waals surface area contributed by atoms with Gasteiger partial charge in [-0.3, -0.25) is 9.59 Å². The van der Waals surface area contributed by atoms with Crippen LogP contribution in [-0.4, -0.2) is 37.9 Å². The maximum absolute atomic E-state index is 12.8. The van der Waals surface area contributed by atoms with Gasteiger partial charge in [0.1, 0.15) is 6.61 Å². The van der Waals surface area contributed by atoms with Gasteiger partial charge in [-0.25, -0.2) is 0 Å². The fourth-order valence-electron chi connectivity index (χ4n) is 6.99. The van der Waals surface area contributed by atoms with Crippen molar-refractivity contribution in [1.29, 1.82) is 0 Å². The fraction of sp³-hybridized carbons (Fsp3) is 0.639. The number of carbonyl (C=O) groups excluding carboxylic acids is 2. The molecule has 0 bridgehead atoms. The van der Waals surface area contributed by atoms with Crippen molar-refractivity contribution in [1.82, 2.24) is 0 Å². The van der Waals surface area contributed by atoms with Crippen molar-refractivity contribution in [3.63, 3.8) is 0 Å². The minimum atomic E-state index is -0.576. The molecule has 0 N–H and O–H groups in total. The molecule has 374 valence electrons. The average Bonchev–Trinajstić information content (AvgIpc) is 3.32. The summed E-state index contributed by atoms with van der Waals surface area (Å²) >= 11 is 0. The van der Waals surface area contributed by atoms with Crippen molar-refractivity contribution in [3.05, 3.63) is 122 Å². The Morgan fingerprint density at radius 2 is 0.682 bits per heavy atom. The third-order valence-corrected chi connectivity index (χ3v) is 11.0. The molecule has 0 aliphatic carbocycles. The summed E-state index contributed by atoms with van der Waals surface area (Å²) < 4.78 is 17.4. The maximum Gasteiger partial charge on any atom is 0.306 e. The van der Waals surface area contributed by atoms with E-state index in [-0.39, 0.29) is 25.2 Å². The van der Waals surface area contributed by atoms with E-state index in [0.717, 1.165) is 128 Å². The lowest BCUT2D eigenvalue weighted by Gasteiger charge is -2.18. The second-order valence-electron chi connectivity index (χ2n) is 17.4. The number of allylic oxidation sites excluding steroid dienone is 20. The predicted octanol–water partition coefficient (Wildman–Crippen LogP) is 18.6. The third-order valence-electron chi connectivity index (χ3n) is 11.0. The second-order valence-corrected chi connectivity index (χ2v) is 17.4. The monoisotopic (exact) mass is 913 g/mol. The van der Waals surface area contributed by atoms with Crippen LogP contribution in [0.3, 0.4) is 0 Å². The number of hydrogen-bond donors (Lipinski definition) is 0. The van der Waals surface area contributed by atoms with Gasteiger partial charge >= 0.3 is 11.9 Å². The number of rotatable bonds is 48. The molecule has 0 aliphatic rings. The van der Waals surface area contributed by atoms with Gasteiger partial charge < -0.3 is 14.2 Å². The molecule has 0 heterocycles. The Kier molecular flexibility index (Phi) is 52.5. The highest BCUT2D eigenvalue weighted by Crippen LogP contribution is 2.12. The Labute approximate surface area is 407 Å². The SMILES string of the molecule is CC/C=C\C/C=C\C/C=C\C/C=C\CCCCCCCOCC(COC(=O)CCCCCCCC/C=C\C/C=C\C/C=C\CCCCC)OC(=O)CCCCC/C=C\C/C=C\C/C=C\CC. The van der Waals surface area contributed by atoms with Crippen LogP contribution in [0.1, 0.15) is 226 Å². The van der Waals surface area contributed by atoms with Gasteiger partial charge in [0.25, 0.3) is 0 Å². The molecule has 0 saturated heterocycles. The first-order valence-corrected chi connectivity index (χ1v) is 27.1. The van der Waals surface area contributed by atoms with Crippen LogP contribution < -0.4 is 0 Å². The zero-order valence-electron chi connectivity index (χ0n) is 42.9. The molecule has 0 fully saturated rings. The lowest BCUT2D eigenvalue weighted by Crippen LogP contribution is -2.30. The Morgan fingerprint density at radius 1 is 0.348 bits per heavy atom. The first-order chi connectivity index (χ1) is 32.6. The highest BCUT2D eigenvalue weighted by Gasteiger charge is 2.17. The standard InChI is InChI=1S/C61H100O5/c1-4-7-10-13-16-19-22-25-27-29-31-32-34-37-39-42-45-48-51-54-60(62)65-58-59(66-61(63)55-52-49-46-43-40-36-24-21-18-15-12-9-6-3)57-64-56-53-50-47-44-41-38-35-33-30-28-26-23-20-17-14-11-8-5-2/h8-9,11-12,16-21,25-28,31-33,35-36,40,59H,4-7,10,13-15,22-24,29-30,34,37-39,41-58H2,1-3H3/b11-8-,12-9-,19-16-,20-17-,21-18-,27-25-,28-26-,32-31-,35-33-,40-36-. The molecule has 0 spiro atoms. The number of unbranched alkanes of at least 4 members (excludes halogenated alkanes) is 17. The van der Waals surface area contributed by atoms with Crippen LogP contribution in [0.25, 0.3) is 0 Å². The summed E-state index contributed by atoms with van der Waals surface area (Å²) in [6.07, 6.45) is 77.8. The molecule has 5 heteroatoms. The van der Waals surface area contributed by atoms with E-state index < -0.39 is 6.10 Å². The van der Waals surface area contributed by atoms with Gasteiger partial charge in [-0.15, -0.1) is 0 Å². The zero-order valence-corrected chi connectivity index (χ0v) is 42.9. The van der Waals surface area contributed by atoms with Gasteiger partial charge in [-0.1, -0.05) is 206 Å². The van der Waals surface area contributed by atoms with E-state index in [4.69, 9.17) is 14.2 Å². The van der Waals surface area contributed by atoms with E-state index in [1.54, 1.807) is 0 Å². The summed E-state index contributed by atoms with van der Waals surface area (Å²) in [7, 11) is 0. The van der Waals surface area contributed by atoms with Crippen molar-refractivity contribution in [2.45, 2.75) is 232 Å². The highest BCUT2D eigenvalue weighted by molar-refractivity contribution is 5.70. The molecule has 1 unspecified atom stereocenters. The molecular formula is C61H100O5. The zero-order chi connectivity index (χ0) is 47.7. The molecule has 5 nitrogen and oxygen atoms in total. The second kappa shape index (κ2) is 55.6. The van der Waals surface area contributed by atoms with E-state index in [1.807, 2.05) is 0 Å². The van der Waals surface area contributed by atoms with E-state index in [2.05, 4.69) is 142 Å². The van der Waals surface area contributed by atoms with Crippen LogP contribution in [0.4, 0.5) is 0 Å². The Balaban J connectivity index is 4.37. The van der Waals surface area contributed by atoms with Crippen LogP contribution in [0.15, 0.2) is 122 Å². The molecule has 0 radical (unpaired) electrons. The van der Waals surface area contributed by atoms with Crippen molar-refractivity contribution in [3.8, 4) is 0 Å². The Morgan fingerprint density at radius 3 is 1.11 bits per heavy atom. The minimum Gasteiger partial charge on any atom is -0.462 e. The van der Waals surface area contributed by atoms with Crippen LogP contribution in [0.2, 0.25) is 0 Å². The largest absolute Gasteiger partial charge is 0.462 e. The van der Waals surface area contributed by atoms with Crippen LogP contribution in [-0.2, 0) is 23.8 Å². The fourth-order valence-corrected chi connectivity index (χ4v) is 6.99. The van der Waals surface area contributed by atoms with Gasteiger partial charge in [-0.05, 0) is 128 Å². The summed E-state index contributed by atoms with van der Waals surface area (Å²) in [5, 5.41) is 0. The lowest BCUT2D eigenvalue weighted by molar-refractivity contribution is -0.163. The van der Waals surface area contributed by atoms with E-state index >= 15 is 0 Å². The maximum atomic E-state index is 12.8. The van der Waals surface area contributed by atoms with Crippen molar-refractivity contribution in [2.24, 2.45) is 0 Å². The van der Waals surface area contributed by atoms with Crippen LogP contribution in [0, 0.1) is 0 Å². The van der Waals surface area contributed by atoms with Crippen molar-refractivity contribution < 1.29 is 23.8 Å². The highest BCUT2D eigenvalue weighted by atomic mass is 16.6. The minimum absolute atomic E-state index is 0.0511. The molecule has 0 aliphatic heterocycles. The summed E-state index contributed by atoms with van der Waals surface area (Å²) in [4.78, 5) is 25.4. The quantitative estimate of drug-likeness (QED) is 0.0346. The third kappa shape index (κ3) is 52.9. The first kappa shape index (κ1) is 62.3. The summed E-state index contributed by atoms with van der Waals surface area (Å²) in [6, 6.07) is 0. The number of carbonyl (C=O) groups is 2. The number of esters is 2. The molecule has 66 heavy (non-hydrogen) atoms. The molecule has 0 aromatic heterocycles. The van der Waals surface area contributed by atoms with Gasteiger partial charge in [0.15, 0.2) is 6.10 Å². The van der Waals surface area contributed by atoms with Gasteiger partial charge in [0, 0.05) is 19.4 Å². The van der Waals surface area contributed by atoms with Gasteiger partial charge in [0.2, 0.25) is 0 Å². The van der Waals surface area contributed by atoms with Crippen molar-refractivity contribution >= 4 is 11.9 Å². The van der Waals surface area contributed by atoms with Crippen molar-refractivity contribution in [2.75, 3.05) is 19.8 Å². The Hall–Kier alpha value is -3.70. The topological polar surface area (TPSA) is 61.8 Å². The molecule has 0 aromatic carbocycles.